The van der Waals surface area contributed by atoms with E-state index in [-0.39, 0.29) is 11.1 Å². The van der Waals surface area contributed by atoms with Crippen LogP contribution in [0, 0.1) is 5.92 Å². The summed E-state index contributed by atoms with van der Waals surface area (Å²) in [5, 5.41) is -0.0648. The van der Waals surface area contributed by atoms with Crippen LogP contribution < -0.4 is 4.31 Å². The fourth-order valence-electron chi connectivity index (χ4n) is 2.30. The summed E-state index contributed by atoms with van der Waals surface area (Å²) in [5.41, 5.74) is 1.31. The van der Waals surface area contributed by atoms with Crippen molar-refractivity contribution in [1.29, 1.82) is 0 Å². The zero-order valence-corrected chi connectivity index (χ0v) is 13.8. The molecule has 2 aromatic heterocycles. The van der Waals surface area contributed by atoms with Crippen molar-refractivity contribution in [2.45, 2.75) is 19.0 Å². The van der Waals surface area contributed by atoms with Crippen molar-refractivity contribution in [1.82, 2.24) is 15.0 Å². The van der Waals surface area contributed by atoms with Gasteiger partial charge in [0.05, 0.1) is 11.0 Å². The van der Waals surface area contributed by atoms with Crippen LogP contribution in [0.1, 0.15) is 13.8 Å². The van der Waals surface area contributed by atoms with Gasteiger partial charge in [-0.15, -0.1) is 0 Å². The number of H-pyrrole nitrogens is 1. The highest BCUT2D eigenvalue weighted by Crippen LogP contribution is 2.23. The van der Waals surface area contributed by atoms with Gasteiger partial charge >= 0.3 is 0 Å². The zero-order chi connectivity index (χ0) is 16.4. The van der Waals surface area contributed by atoms with Crippen molar-refractivity contribution in [2.75, 3.05) is 10.8 Å². The number of imidazole rings is 1. The molecule has 0 aliphatic carbocycles. The molecule has 0 spiro atoms. The molecule has 0 saturated carbocycles. The molecule has 0 saturated heterocycles. The van der Waals surface area contributed by atoms with E-state index in [2.05, 4.69) is 15.0 Å². The van der Waals surface area contributed by atoms with Crippen molar-refractivity contribution in [3.8, 4) is 0 Å². The largest absolute Gasteiger partial charge is 0.327 e. The van der Waals surface area contributed by atoms with Crippen molar-refractivity contribution in [3.63, 3.8) is 0 Å². The number of fused-ring (bicyclic) bond motifs is 1. The second kappa shape index (κ2) is 6.00. The molecule has 7 heteroatoms. The van der Waals surface area contributed by atoms with E-state index in [1.165, 1.54) is 4.31 Å². The van der Waals surface area contributed by atoms with Gasteiger partial charge in [-0.25, -0.2) is 14.3 Å². The van der Waals surface area contributed by atoms with E-state index in [0.717, 1.165) is 0 Å². The Bertz CT molecular complexity index is 871. The number of hydrogen-bond donors (Lipinski definition) is 1. The standard InChI is InChI=1S/C16H18N4O2S/c1-12(2)11-20(15-9-5-6-10-17-15)23(21,22)16-18-13-7-3-4-8-14(13)19-16/h3-10,12H,11H2,1-2H3,(H,18,19). The average molecular weight is 330 g/mol. The van der Waals surface area contributed by atoms with Crippen LogP contribution in [0.2, 0.25) is 0 Å². The molecule has 6 nitrogen and oxygen atoms in total. The van der Waals surface area contributed by atoms with Crippen molar-refractivity contribution in [3.05, 3.63) is 48.7 Å². The number of nitrogens with zero attached hydrogens (tertiary/aromatic N) is 3. The van der Waals surface area contributed by atoms with Gasteiger partial charge in [0.25, 0.3) is 10.0 Å². The lowest BCUT2D eigenvalue weighted by Crippen LogP contribution is -2.35. The van der Waals surface area contributed by atoms with Gasteiger partial charge in [-0.2, -0.15) is 8.42 Å². The van der Waals surface area contributed by atoms with Crippen LogP contribution in [0.5, 0.6) is 0 Å². The monoisotopic (exact) mass is 330 g/mol. The fourth-order valence-corrected chi connectivity index (χ4v) is 3.81. The SMILES string of the molecule is CC(C)CN(c1ccccn1)S(=O)(=O)c1nc2ccccc2[nH]1. The average Bonchev–Trinajstić information content (AvgIpc) is 2.98. The zero-order valence-electron chi connectivity index (χ0n) is 13.0. The van der Waals surface area contributed by atoms with Crippen LogP contribution in [0.15, 0.2) is 53.8 Å². The van der Waals surface area contributed by atoms with Crippen LogP contribution in [0.3, 0.4) is 0 Å². The third-order valence-corrected chi connectivity index (χ3v) is 4.94. The maximum atomic E-state index is 13.0. The molecular weight excluding hydrogens is 312 g/mol. The predicted octanol–water partition coefficient (Wildman–Crippen LogP) is 2.81. The number of para-hydroxylation sites is 2. The summed E-state index contributed by atoms with van der Waals surface area (Å²) in [4.78, 5) is 11.3. The highest BCUT2D eigenvalue weighted by Gasteiger charge is 2.29. The lowest BCUT2D eigenvalue weighted by molar-refractivity contribution is 0.570. The molecule has 23 heavy (non-hydrogen) atoms. The highest BCUT2D eigenvalue weighted by atomic mass is 32.2. The van der Waals surface area contributed by atoms with Crippen LogP contribution >= 0.6 is 0 Å². The number of hydrogen-bond acceptors (Lipinski definition) is 4. The van der Waals surface area contributed by atoms with E-state index >= 15 is 0 Å². The molecule has 0 aliphatic rings. The number of pyridine rings is 1. The maximum Gasteiger partial charge on any atom is 0.299 e. The molecule has 3 aromatic rings. The summed E-state index contributed by atoms with van der Waals surface area (Å²) in [6.07, 6.45) is 1.58. The van der Waals surface area contributed by atoms with Gasteiger partial charge in [0, 0.05) is 12.7 Å². The number of anilines is 1. The van der Waals surface area contributed by atoms with Gasteiger partial charge in [0.15, 0.2) is 0 Å². The van der Waals surface area contributed by atoms with E-state index in [4.69, 9.17) is 0 Å². The number of sulfonamides is 1. The smallest absolute Gasteiger partial charge is 0.299 e. The first-order chi connectivity index (χ1) is 11.0. The molecule has 0 unspecified atom stereocenters. The number of benzene rings is 1. The summed E-state index contributed by atoms with van der Waals surface area (Å²) in [6.45, 7) is 4.25. The van der Waals surface area contributed by atoms with Crippen LogP contribution in [0.25, 0.3) is 11.0 Å². The van der Waals surface area contributed by atoms with Gasteiger partial charge in [0.2, 0.25) is 5.16 Å². The molecule has 0 aliphatic heterocycles. The molecule has 0 atom stereocenters. The number of nitrogens with one attached hydrogen (secondary N) is 1. The molecule has 3 rings (SSSR count). The van der Waals surface area contributed by atoms with E-state index < -0.39 is 10.0 Å². The Morgan fingerprint density at radius 2 is 1.87 bits per heavy atom. The number of aromatic nitrogens is 3. The topological polar surface area (TPSA) is 79.0 Å². The Labute approximate surface area is 135 Å². The minimum atomic E-state index is -3.81. The summed E-state index contributed by atoms with van der Waals surface area (Å²) in [5.74, 6) is 0.540. The normalized spacial score (nSPS) is 12.0. The van der Waals surface area contributed by atoms with Crippen LogP contribution in [-0.4, -0.2) is 29.9 Å². The Morgan fingerprint density at radius 3 is 2.52 bits per heavy atom. The molecule has 0 fully saturated rings. The van der Waals surface area contributed by atoms with Gasteiger partial charge < -0.3 is 4.98 Å². The summed E-state index contributed by atoms with van der Waals surface area (Å²) < 4.78 is 27.4. The van der Waals surface area contributed by atoms with Gasteiger partial charge in [-0.05, 0) is 30.2 Å². The summed E-state index contributed by atoms with van der Waals surface area (Å²) >= 11 is 0. The molecule has 1 aromatic carbocycles. The van der Waals surface area contributed by atoms with E-state index in [1.807, 2.05) is 26.0 Å². The third-order valence-electron chi connectivity index (χ3n) is 3.34. The molecule has 2 heterocycles. The van der Waals surface area contributed by atoms with Gasteiger partial charge in [0.1, 0.15) is 5.82 Å². The minimum absolute atomic E-state index is 0.0648. The first-order valence-corrected chi connectivity index (χ1v) is 8.81. The van der Waals surface area contributed by atoms with Crippen molar-refractivity contribution >= 4 is 26.9 Å². The highest BCUT2D eigenvalue weighted by molar-refractivity contribution is 7.92. The second-order valence-electron chi connectivity index (χ2n) is 5.68. The molecule has 0 bridgehead atoms. The second-order valence-corrected chi connectivity index (χ2v) is 7.45. The molecule has 1 N–H and O–H groups in total. The lowest BCUT2D eigenvalue weighted by atomic mass is 10.2. The Morgan fingerprint density at radius 1 is 1.13 bits per heavy atom. The predicted molar refractivity (Wildman–Crippen MR) is 89.7 cm³/mol. The van der Waals surface area contributed by atoms with Crippen LogP contribution in [0.4, 0.5) is 5.82 Å². The van der Waals surface area contributed by atoms with Crippen molar-refractivity contribution in [2.24, 2.45) is 5.92 Å². The van der Waals surface area contributed by atoms with Gasteiger partial charge in [-0.1, -0.05) is 32.0 Å². The number of aromatic amines is 1. The van der Waals surface area contributed by atoms with E-state index in [9.17, 15) is 8.42 Å². The maximum absolute atomic E-state index is 13.0. The minimum Gasteiger partial charge on any atom is -0.327 e. The lowest BCUT2D eigenvalue weighted by Gasteiger charge is -2.23. The first-order valence-electron chi connectivity index (χ1n) is 7.37. The van der Waals surface area contributed by atoms with E-state index in [1.54, 1.807) is 36.5 Å². The third kappa shape index (κ3) is 3.05. The Balaban J connectivity index is 2.09. The van der Waals surface area contributed by atoms with Gasteiger partial charge in [-0.3, -0.25) is 0 Å². The number of rotatable bonds is 5. The Hall–Kier alpha value is -2.41. The van der Waals surface area contributed by atoms with Crippen molar-refractivity contribution < 1.29 is 8.42 Å². The Kier molecular flexibility index (Phi) is 4.04. The summed E-state index contributed by atoms with van der Waals surface area (Å²) in [7, 11) is -3.81. The first kappa shape index (κ1) is 15.5. The quantitative estimate of drug-likeness (QED) is 0.780. The van der Waals surface area contributed by atoms with E-state index in [0.29, 0.717) is 23.4 Å². The molecule has 0 radical (unpaired) electrons. The molecular formula is C16H18N4O2S. The molecule has 0 amide bonds. The van der Waals surface area contributed by atoms with Crippen LogP contribution in [-0.2, 0) is 10.0 Å². The fraction of sp³-hybridized carbons (Fsp3) is 0.250. The molecule has 120 valence electrons. The summed E-state index contributed by atoms with van der Waals surface area (Å²) in [6, 6.07) is 12.4.